The molecule has 0 unspecified atom stereocenters. The molecular formula is C17H27NO2S. The molecule has 1 aliphatic heterocycles. The molecule has 1 aromatic carbocycles. The van der Waals surface area contributed by atoms with Crippen molar-refractivity contribution in [2.45, 2.75) is 62.6 Å². The van der Waals surface area contributed by atoms with E-state index in [2.05, 4.69) is 62.3 Å². The van der Waals surface area contributed by atoms with E-state index in [0.717, 1.165) is 12.8 Å². The molecule has 1 heterocycles. The molecule has 0 aliphatic carbocycles. The fraction of sp³-hybridized carbons (Fsp3) is 0.588. The predicted molar refractivity (Wildman–Crippen MR) is 89.4 cm³/mol. The second-order valence-corrected chi connectivity index (χ2v) is 7.61. The van der Waals surface area contributed by atoms with E-state index in [0.29, 0.717) is 6.10 Å². The van der Waals surface area contributed by atoms with E-state index in [4.69, 9.17) is 9.53 Å². The quantitative estimate of drug-likeness (QED) is 0.784. The standard InChI is InChI=1S/C16H25NOS.CH2O/c1-15(2)11-13(18-5)12-16(3,4)17(15)19-14-9-7-6-8-10-14;1-2/h6-10,13H,11-12H2,1-5H3;1H2. The van der Waals surface area contributed by atoms with Gasteiger partial charge in [-0.2, -0.15) is 0 Å². The molecule has 1 fully saturated rings. The average Bonchev–Trinajstić information content (AvgIpc) is 2.45. The Hall–Kier alpha value is -0.840. The monoisotopic (exact) mass is 309 g/mol. The van der Waals surface area contributed by atoms with E-state index in [9.17, 15) is 0 Å². The number of benzene rings is 1. The highest BCUT2D eigenvalue weighted by atomic mass is 32.2. The van der Waals surface area contributed by atoms with Crippen LogP contribution in [0.15, 0.2) is 35.2 Å². The predicted octanol–water partition coefficient (Wildman–Crippen LogP) is 4.18. The summed E-state index contributed by atoms with van der Waals surface area (Å²) >= 11 is 1.87. The maximum Gasteiger partial charge on any atom is 0.106 e. The van der Waals surface area contributed by atoms with E-state index in [1.54, 1.807) is 0 Å². The zero-order valence-electron chi connectivity index (χ0n) is 13.8. The van der Waals surface area contributed by atoms with Crippen LogP contribution in [-0.4, -0.2) is 35.4 Å². The van der Waals surface area contributed by atoms with E-state index in [1.807, 2.05) is 25.8 Å². The number of hydrogen-bond donors (Lipinski definition) is 0. The Bertz CT molecular complexity index is 416. The summed E-state index contributed by atoms with van der Waals surface area (Å²) in [7, 11) is 1.83. The smallest absolute Gasteiger partial charge is 0.106 e. The molecule has 0 bridgehead atoms. The van der Waals surface area contributed by atoms with Crippen LogP contribution < -0.4 is 0 Å². The molecule has 0 aromatic heterocycles. The van der Waals surface area contributed by atoms with Gasteiger partial charge < -0.3 is 9.53 Å². The second-order valence-electron chi connectivity index (χ2n) is 6.59. The van der Waals surface area contributed by atoms with Crippen molar-refractivity contribution in [3.63, 3.8) is 0 Å². The minimum absolute atomic E-state index is 0.128. The van der Waals surface area contributed by atoms with Gasteiger partial charge in [-0.1, -0.05) is 18.2 Å². The van der Waals surface area contributed by atoms with Gasteiger partial charge in [-0.15, -0.1) is 0 Å². The first-order chi connectivity index (χ1) is 9.85. The van der Waals surface area contributed by atoms with Crippen LogP contribution in [0.25, 0.3) is 0 Å². The van der Waals surface area contributed by atoms with Gasteiger partial charge in [-0.3, -0.25) is 0 Å². The number of nitrogens with zero attached hydrogens (tertiary/aromatic N) is 1. The summed E-state index contributed by atoms with van der Waals surface area (Å²) in [6, 6.07) is 10.6. The van der Waals surface area contributed by atoms with Crippen LogP contribution in [0.3, 0.4) is 0 Å². The summed E-state index contributed by atoms with van der Waals surface area (Å²) in [6.45, 7) is 11.3. The Kier molecular flexibility index (Phi) is 6.44. The molecule has 1 saturated heterocycles. The van der Waals surface area contributed by atoms with E-state index >= 15 is 0 Å². The molecule has 3 nitrogen and oxygen atoms in total. The van der Waals surface area contributed by atoms with Crippen molar-refractivity contribution in [2.24, 2.45) is 0 Å². The highest BCUT2D eigenvalue weighted by molar-refractivity contribution is 7.97. The van der Waals surface area contributed by atoms with Gasteiger partial charge >= 0.3 is 0 Å². The van der Waals surface area contributed by atoms with Gasteiger partial charge in [0.05, 0.1) is 6.10 Å². The zero-order valence-corrected chi connectivity index (χ0v) is 14.6. The third kappa shape index (κ3) is 4.56. The summed E-state index contributed by atoms with van der Waals surface area (Å²) in [5, 5.41) is 0. The van der Waals surface area contributed by atoms with Crippen molar-refractivity contribution in [2.75, 3.05) is 7.11 Å². The number of piperidine rings is 1. The third-order valence-electron chi connectivity index (χ3n) is 3.83. The van der Waals surface area contributed by atoms with Gasteiger partial charge in [0.2, 0.25) is 0 Å². The molecule has 2 rings (SSSR count). The van der Waals surface area contributed by atoms with E-state index in [1.165, 1.54) is 4.90 Å². The van der Waals surface area contributed by atoms with Gasteiger partial charge in [0.1, 0.15) is 6.79 Å². The minimum Gasteiger partial charge on any atom is -0.381 e. The summed E-state index contributed by atoms with van der Waals surface area (Å²) in [5.74, 6) is 0. The lowest BCUT2D eigenvalue weighted by atomic mass is 9.81. The van der Waals surface area contributed by atoms with Crippen molar-refractivity contribution >= 4 is 18.7 Å². The maximum absolute atomic E-state index is 8.00. The Balaban J connectivity index is 0.00000106. The first kappa shape index (κ1) is 18.2. The van der Waals surface area contributed by atoms with Crippen molar-refractivity contribution in [3.8, 4) is 0 Å². The molecule has 0 spiro atoms. The van der Waals surface area contributed by atoms with Gasteiger partial charge in [0.25, 0.3) is 0 Å². The van der Waals surface area contributed by atoms with Crippen molar-refractivity contribution in [3.05, 3.63) is 30.3 Å². The van der Waals surface area contributed by atoms with Crippen molar-refractivity contribution in [1.82, 2.24) is 4.31 Å². The topological polar surface area (TPSA) is 29.5 Å². The number of carbonyl (C=O) groups excluding carboxylic acids is 1. The molecule has 21 heavy (non-hydrogen) atoms. The number of carbonyl (C=O) groups is 1. The van der Waals surface area contributed by atoms with Crippen LogP contribution >= 0.6 is 11.9 Å². The maximum atomic E-state index is 8.00. The summed E-state index contributed by atoms with van der Waals surface area (Å²) in [6.07, 6.45) is 2.51. The number of ether oxygens (including phenoxy) is 1. The molecule has 118 valence electrons. The number of hydrogen-bond acceptors (Lipinski definition) is 4. The average molecular weight is 309 g/mol. The fourth-order valence-electron chi connectivity index (χ4n) is 3.17. The molecule has 4 heteroatoms. The zero-order chi connectivity index (χ0) is 16.1. The van der Waals surface area contributed by atoms with Crippen LogP contribution in [0.2, 0.25) is 0 Å². The molecule has 0 N–H and O–H groups in total. The molecule has 0 amide bonds. The van der Waals surface area contributed by atoms with Gasteiger partial charge in [0, 0.05) is 23.1 Å². The summed E-state index contributed by atoms with van der Waals surface area (Å²) < 4.78 is 8.17. The Labute approximate surface area is 133 Å². The van der Waals surface area contributed by atoms with Gasteiger partial charge in [0.15, 0.2) is 0 Å². The molecular weight excluding hydrogens is 282 g/mol. The normalized spacial score (nSPS) is 21.4. The Morgan fingerprint density at radius 1 is 1.10 bits per heavy atom. The number of rotatable bonds is 3. The molecule has 1 aromatic rings. The summed E-state index contributed by atoms with van der Waals surface area (Å²) in [4.78, 5) is 9.31. The molecule has 0 saturated carbocycles. The lowest BCUT2D eigenvalue weighted by molar-refractivity contribution is -0.0980. The number of methoxy groups -OCH3 is 1. The van der Waals surface area contributed by atoms with Crippen molar-refractivity contribution in [1.29, 1.82) is 0 Å². The minimum atomic E-state index is 0.128. The second kappa shape index (κ2) is 7.43. The molecule has 0 atom stereocenters. The van der Waals surface area contributed by atoms with Crippen LogP contribution in [0.1, 0.15) is 40.5 Å². The third-order valence-corrected chi connectivity index (χ3v) is 5.48. The van der Waals surface area contributed by atoms with E-state index < -0.39 is 0 Å². The van der Waals surface area contributed by atoms with E-state index in [-0.39, 0.29) is 11.1 Å². The van der Waals surface area contributed by atoms with Crippen molar-refractivity contribution < 1.29 is 9.53 Å². The van der Waals surface area contributed by atoms with Crippen LogP contribution in [0.4, 0.5) is 0 Å². The largest absolute Gasteiger partial charge is 0.381 e. The molecule has 1 aliphatic rings. The Morgan fingerprint density at radius 2 is 1.57 bits per heavy atom. The lowest BCUT2D eigenvalue weighted by Gasteiger charge is -2.53. The molecule has 0 radical (unpaired) electrons. The van der Waals surface area contributed by atoms with Crippen LogP contribution in [0, 0.1) is 0 Å². The van der Waals surface area contributed by atoms with Gasteiger partial charge in [-0.25, -0.2) is 4.31 Å². The van der Waals surface area contributed by atoms with Crippen LogP contribution in [0.5, 0.6) is 0 Å². The van der Waals surface area contributed by atoms with Gasteiger partial charge in [-0.05, 0) is 64.6 Å². The fourth-order valence-corrected chi connectivity index (χ4v) is 4.31. The first-order valence-electron chi connectivity index (χ1n) is 7.20. The SMILES string of the molecule is C=O.COC1CC(C)(C)N(Sc2ccccc2)C(C)(C)C1. The highest BCUT2D eigenvalue weighted by Gasteiger charge is 2.46. The summed E-state index contributed by atoms with van der Waals surface area (Å²) in [5.41, 5.74) is 0.256. The lowest BCUT2D eigenvalue weighted by Crippen LogP contribution is -2.58. The first-order valence-corrected chi connectivity index (χ1v) is 7.97. The Morgan fingerprint density at radius 3 is 2.00 bits per heavy atom. The highest BCUT2D eigenvalue weighted by Crippen LogP contribution is 2.45. The van der Waals surface area contributed by atoms with Crippen LogP contribution in [-0.2, 0) is 9.53 Å².